The molecular weight excluding hydrogens is 286 g/mol. The molecule has 5 heteroatoms. The third-order valence-electron chi connectivity index (χ3n) is 4.37. The molecule has 0 saturated heterocycles. The molecule has 0 radical (unpaired) electrons. The van der Waals surface area contributed by atoms with E-state index in [9.17, 15) is 0 Å². The van der Waals surface area contributed by atoms with Gasteiger partial charge in [-0.15, -0.1) is 22.7 Å². The molecule has 1 atom stereocenters. The van der Waals surface area contributed by atoms with Crippen LogP contribution in [0.5, 0.6) is 0 Å². The topological polar surface area (TPSA) is 28.2 Å². The van der Waals surface area contributed by atoms with Gasteiger partial charge in [0.15, 0.2) is 5.13 Å². The highest BCUT2D eigenvalue weighted by molar-refractivity contribution is 7.15. The average Bonchev–Trinajstić information content (AvgIpc) is 3.11. The van der Waals surface area contributed by atoms with Crippen LogP contribution in [0.25, 0.3) is 0 Å². The summed E-state index contributed by atoms with van der Waals surface area (Å²) in [6.07, 6.45) is 4.89. The van der Waals surface area contributed by atoms with Gasteiger partial charge in [0, 0.05) is 22.8 Å². The monoisotopic (exact) mass is 305 g/mol. The molecule has 1 unspecified atom stereocenters. The summed E-state index contributed by atoms with van der Waals surface area (Å²) in [6, 6.07) is 2.74. The summed E-state index contributed by atoms with van der Waals surface area (Å²) in [4.78, 5) is 10.5. The smallest absolute Gasteiger partial charge is 0.186 e. The number of thiophene rings is 1. The number of fused-ring (bicyclic) bond motifs is 2. The Bertz CT molecular complexity index is 616. The first kappa shape index (κ1) is 12.8. The second kappa shape index (κ2) is 5.13. The maximum atomic E-state index is 4.97. The third-order valence-corrected chi connectivity index (χ3v) is 6.58. The first-order chi connectivity index (χ1) is 9.85. The molecule has 3 nitrogen and oxygen atoms in total. The predicted octanol–water partition coefficient (Wildman–Crippen LogP) is 3.36. The van der Waals surface area contributed by atoms with Gasteiger partial charge < -0.3 is 10.2 Å². The van der Waals surface area contributed by atoms with Gasteiger partial charge in [-0.05, 0) is 49.7 Å². The van der Waals surface area contributed by atoms with E-state index in [1.54, 1.807) is 4.88 Å². The van der Waals surface area contributed by atoms with Crippen molar-refractivity contribution in [3.05, 3.63) is 32.5 Å². The first-order valence-electron chi connectivity index (χ1n) is 7.32. The van der Waals surface area contributed by atoms with Crippen LogP contribution in [0.15, 0.2) is 11.4 Å². The highest BCUT2D eigenvalue weighted by Gasteiger charge is 2.26. The number of thiazole rings is 1. The molecule has 0 amide bonds. The van der Waals surface area contributed by atoms with Crippen LogP contribution in [0.4, 0.5) is 5.13 Å². The Balaban J connectivity index is 1.62. The highest BCUT2D eigenvalue weighted by atomic mass is 32.1. The Morgan fingerprint density at radius 1 is 1.35 bits per heavy atom. The third kappa shape index (κ3) is 2.08. The molecule has 1 N–H and O–H groups in total. The van der Waals surface area contributed by atoms with E-state index in [0.29, 0.717) is 6.04 Å². The van der Waals surface area contributed by atoms with Crippen molar-refractivity contribution in [3.63, 3.8) is 0 Å². The molecule has 0 aromatic carbocycles. The maximum Gasteiger partial charge on any atom is 0.186 e. The molecule has 0 spiro atoms. The van der Waals surface area contributed by atoms with Crippen LogP contribution >= 0.6 is 22.7 Å². The van der Waals surface area contributed by atoms with E-state index in [1.807, 2.05) is 22.7 Å². The molecule has 106 valence electrons. The zero-order valence-corrected chi connectivity index (χ0v) is 13.3. The zero-order valence-electron chi connectivity index (χ0n) is 11.7. The van der Waals surface area contributed by atoms with Gasteiger partial charge >= 0.3 is 0 Å². The number of aryl methyl sites for hydroxylation is 1. The summed E-state index contributed by atoms with van der Waals surface area (Å²) in [5.41, 5.74) is 2.81. The molecule has 20 heavy (non-hydrogen) atoms. The molecule has 2 aromatic heterocycles. The predicted molar refractivity (Wildman–Crippen MR) is 85.9 cm³/mol. The van der Waals surface area contributed by atoms with Crippen molar-refractivity contribution in [3.8, 4) is 0 Å². The van der Waals surface area contributed by atoms with Gasteiger partial charge in [0.2, 0.25) is 0 Å². The van der Waals surface area contributed by atoms with Crippen LogP contribution in [-0.4, -0.2) is 18.6 Å². The van der Waals surface area contributed by atoms with Gasteiger partial charge in [-0.25, -0.2) is 4.98 Å². The van der Waals surface area contributed by atoms with Crippen LogP contribution in [-0.2, 0) is 19.4 Å². The lowest BCUT2D eigenvalue weighted by Gasteiger charge is -2.26. The molecule has 1 aliphatic heterocycles. The second-order valence-corrected chi connectivity index (χ2v) is 7.64. The Kier molecular flexibility index (Phi) is 3.28. The number of anilines is 1. The van der Waals surface area contributed by atoms with E-state index in [2.05, 4.69) is 28.7 Å². The molecular formula is C15H19N3S2. The van der Waals surface area contributed by atoms with E-state index in [-0.39, 0.29) is 0 Å². The van der Waals surface area contributed by atoms with E-state index < -0.39 is 0 Å². The molecule has 0 saturated carbocycles. The zero-order chi connectivity index (χ0) is 13.5. The van der Waals surface area contributed by atoms with E-state index in [1.165, 1.54) is 46.9 Å². The number of aromatic nitrogens is 1. The van der Waals surface area contributed by atoms with E-state index in [4.69, 9.17) is 4.98 Å². The Labute approximate surface area is 127 Å². The summed E-state index contributed by atoms with van der Waals surface area (Å²) in [7, 11) is 2.05. The van der Waals surface area contributed by atoms with Crippen molar-refractivity contribution in [1.82, 2.24) is 10.3 Å². The molecule has 2 aliphatic rings. The van der Waals surface area contributed by atoms with Crippen molar-refractivity contribution in [1.29, 1.82) is 0 Å². The van der Waals surface area contributed by atoms with Crippen molar-refractivity contribution >= 4 is 27.8 Å². The fourth-order valence-corrected chi connectivity index (χ4v) is 5.31. The van der Waals surface area contributed by atoms with Gasteiger partial charge in [0.1, 0.15) is 0 Å². The number of hydrogen-bond donors (Lipinski definition) is 1. The standard InChI is InChI=1S/C15H19N3S2/c1-16-11-3-2-4-13-14(11)17-15(20-13)18-7-5-12-10(9-18)6-8-19-12/h6,8,11,16H,2-5,7,9H2,1H3. The van der Waals surface area contributed by atoms with Crippen LogP contribution in [0, 0.1) is 0 Å². The van der Waals surface area contributed by atoms with E-state index in [0.717, 1.165) is 13.1 Å². The molecule has 3 heterocycles. The lowest BCUT2D eigenvalue weighted by atomic mass is 9.98. The average molecular weight is 305 g/mol. The highest BCUT2D eigenvalue weighted by Crippen LogP contribution is 2.38. The van der Waals surface area contributed by atoms with Crippen molar-refractivity contribution in [2.24, 2.45) is 0 Å². The van der Waals surface area contributed by atoms with Gasteiger partial charge in [-0.3, -0.25) is 0 Å². The molecule has 1 aliphatic carbocycles. The van der Waals surface area contributed by atoms with Gasteiger partial charge in [-0.2, -0.15) is 0 Å². The minimum absolute atomic E-state index is 0.463. The number of nitrogens with zero attached hydrogens (tertiary/aromatic N) is 2. The molecule has 0 fully saturated rings. The Hall–Kier alpha value is -0.910. The fourth-order valence-electron chi connectivity index (χ4n) is 3.23. The molecule has 0 bridgehead atoms. The quantitative estimate of drug-likeness (QED) is 0.922. The second-order valence-electron chi connectivity index (χ2n) is 5.58. The SMILES string of the molecule is CNC1CCCc2sc(N3CCc4sccc4C3)nc21. The molecule has 4 rings (SSSR count). The lowest BCUT2D eigenvalue weighted by Crippen LogP contribution is -2.29. The first-order valence-corrected chi connectivity index (χ1v) is 9.02. The van der Waals surface area contributed by atoms with Crippen LogP contribution < -0.4 is 10.2 Å². The van der Waals surface area contributed by atoms with Gasteiger partial charge in [-0.1, -0.05) is 0 Å². The minimum Gasteiger partial charge on any atom is -0.343 e. The minimum atomic E-state index is 0.463. The fraction of sp³-hybridized carbons (Fsp3) is 0.533. The number of rotatable bonds is 2. The number of nitrogens with one attached hydrogen (secondary N) is 1. The van der Waals surface area contributed by atoms with Crippen LogP contribution in [0.3, 0.4) is 0 Å². The maximum absolute atomic E-state index is 4.97. The summed E-state index contributed by atoms with van der Waals surface area (Å²) in [5.74, 6) is 0. The van der Waals surface area contributed by atoms with Crippen LogP contribution in [0.2, 0.25) is 0 Å². The normalized spacial score (nSPS) is 21.6. The van der Waals surface area contributed by atoms with Crippen molar-refractivity contribution in [2.45, 2.75) is 38.3 Å². The van der Waals surface area contributed by atoms with Crippen molar-refractivity contribution < 1.29 is 0 Å². The van der Waals surface area contributed by atoms with E-state index >= 15 is 0 Å². The summed E-state index contributed by atoms with van der Waals surface area (Å²) >= 11 is 3.82. The summed E-state index contributed by atoms with van der Waals surface area (Å²) in [6.45, 7) is 2.15. The Morgan fingerprint density at radius 3 is 3.20 bits per heavy atom. The van der Waals surface area contributed by atoms with Crippen molar-refractivity contribution in [2.75, 3.05) is 18.5 Å². The largest absolute Gasteiger partial charge is 0.343 e. The Morgan fingerprint density at radius 2 is 2.30 bits per heavy atom. The lowest BCUT2D eigenvalue weighted by molar-refractivity contribution is 0.489. The van der Waals surface area contributed by atoms with Gasteiger partial charge in [0.25, 0.3) is 0 Å². The van der Waals surface area contributed by atoms with Crippen LogP contribution in [0.1, 0.15) is 39.9 Å². The number of hydrogen-bond acceptors (Lipinski definition) is 5. The van der Waals surface area contributed by atoms with Gasteiger partial charge in [0.05, 0.1) is 11.7 Å². The molecule has 2 aromatic rings. The summed E-state index contributed by atoms with van der Waals surface area (Å²) in [5, 5.41) is 6.87. The summed E-state index contributed by atoms with van der Waals surface area (Å²) < 4.78 is 0.